The Kier molecular flexibility index (Phi) is 2.63. The maximum absolute atomic E-state index is 11.3. The number of hydrogen-bond acceptors (Lipinski definition) is 2. The monoisotopic (exact) mass is 230 g/mol. The van der Waals surface area contributed by atoms with Gasteiger partial charge in [-0.15, -0.1) is 0 Å². The van der Waals surface area contributed by atoms with Crippen molar-refractivity contribution in [1.29, 1.82) is 0 Å². The van der Waals surface area contributed by atoms with E-state index < -0.39 is 0 Å². The van der Waals surface area contributed by atoms with E-state index in [1.54, 1.807) is 0 Å². The Morgan fingerprint density at radius 3 is 3.12 bits per heavy atom. The molecule has 3 aliphatic rings. The number of carbonyl (C=O) groups is 1. The Labute approximate surface area is 101 Å². The SMILES string of the molecule is NC(=O)C1CCC2=C3C=CC=C3CCNC2C1. The smallest absolute Gasteiger partial charge is 0.220 e. The van der Waals surface area contributed by atoms with Gasteiger partial charge in [0.15, 0.2) is 0 Å². The highest BCUT2D eigenvalue weighted by molar-refractivity contribution is 5.77. The summed E-state index contributed by atoms with van der Waals surface area (Å²) in [6.07, 6.45) is 10.4. The third kappa shape index (κ3) is 1.84. The molecule has 0 spiro atoms. The van der Waals surface area contributed by atoms with Crippen LogP contribution in [0.3, 0.4) is 0 Å². The van der Waals surface area contributed by atoms with Crippen molar-refractivity contribution in [2.45, 2.75) is 31.7 Å². The molecule has 0 aromatic rings. The lowest BCUT2D eigenvalue weighted by atomic mass is 9.79. The number of primary amides is 1. The van der Waals surface area contributed by atoms with Crippen LogP contribution in [0.2, 0.25) is 0 Å². The lowest BCUT2D eigenvalue weighted by Gasteiger charge is -2.30. The molecule has 3 N–H and O–H groups in total. The molecule has 0 bridgehead atoms. The minimum atomic E-state index is -0.141. The minimum absolute atomic E-state index is 0.0489. The van der Waals surface area contributed by atoms with Crippen LogP contribution in [0.5, 0.6) is 0 Å². The number of amides is 1. The van der Waals surface area contributed by atoms with Crippen LogP contribution in [0.25, 0.3) is 0 Å². The van der Waals surface area contributed by atoms with E-state index in [-0.39, 0.29) is 11.8 Å². The Hall–Kier alpha value is -1.35. The second-order valence-electron chi connectivity index (χ2n) is 5.12. The number of carbonyl (C=O) groups excluding carboxylic acids is 1. The summed E-state index contributed by atoms with van der Waals surface area (Å²) in [5.41, 5.74) is 9.78. The molecule has 1 aliphatic heterocycles. The maximum Gasteiger partial charge on any atom is 0.220 e. The molecule has 1 saturated carbocycles. The summed E-state index contributed by atoms with van der Waals surface area (Å²) in [7, 11) is 0. The predicted octanol–water partition coefficient (Wildman–Crippen LogP) is 1.43. The molecule has 90 valence electrons. The first kappa shape index (κ1) is 10.8. The van der Waals surface area contributed by atoms with E-state index in [0.717, 1.165) is 32.2 Å². The van der Waals surface area contributed by atoms with Crippen molar-refractivity contribution in [1.82, 2.24) is 5.32 Å². The molecule has 2 atom stereocenters. The molecule has 3 rings (SSSR count). The van der Waals surface area contributed by atoms with Crippen LogP contribution >= 0.6 is 0 Å². The Morgan fingerprint density at radius 1 is 1.41 bits per heavy atom. The van der Waals surface area contributed by atoms with E-state index in [0.29, 0.717) is 6.04 Å². The normalized spacial score (nSPS) is 31.6. The zero-order valence-corrected chi connectivity index (χ0v) is 9.91. The third-order valence-corrected chi connectivity index (χ3v) is 4.14. The molecule has 1 amide bonds. The van der Waals surface area contributed by atoms with Crippen molar-refractivity contribution in [3.63, 3.8) is 0 Å². The first-order chi connectivity index (χ1) is 8.25. The fourth-order valence-corrected chi connectivity index (χ4v) is 3.21. The Bertz CT molecular complexity index is 445. The Balaban J connectivity index is 1.91. The summed E-state index contributed by atoms with van der Waals surface area (Å²) in [4.78, 5) is 11.3. The van der Waals surface area contributed by atoms with Crippen molar-refractivity contribution in [2.75, 3.05) is 6.54 Å². The number of rotatable bonds is 1. The molecule has 0 aromatic carbocycles. The van der Waals surface area contributed by atoms with Crippen LogP contribution in [0, 0.1) is 5.92 Å². The maximum atomic E-state index is 11.3. The zero-order valence-electron chi connectivity index (χ0n) is 9.91. The molecule has 1 heterocycles. The molecular formula is C14H18N2O. The standard InChI is InChI=1S/C14H18N2O/c15-14(17)10-4-5-12-11-3-1-2-9(11)6-7-16-13(12)8-10/h1-3,10,13,16H,4-8H2,(H2,15,17). The number of fused-ring (bicyclic) bond motifs is 2. The highest BCUT2D eigenvalue weighted by Crippen LogP contribution is 2.37. The summed E-state index contributed by atoms with van der Waals surface area (Å²) < 4.78 is 0. The fraction of sp³-hybridized carbons (Fsp3) is 0.500. The lowest BCUT2D eigenvalue weighted by Crippen LogP contribution is -2.39. The van der Waals surface area contributed by atoms with Crippen molar-refractivity contribution in [2.24, 2.45) is 11.7 Å². The second kappa shape index (κ2) is 4.15. The predicted molar refractivity (Wildman–Crippen MR) is 67.2 cm³/mol. The van der Waals surface area contributed by atoms with Crippen LogP contribution in [0.4, 0.5) is 0 Å². The van der Waals surface area contributed by atoms with Crippen molar-refractivity contribution in [3.8, 4) is 0 Å². The first-order valence-electron chi connectivity index (χ1n) is 6.39. The molecule has 17 heavy (non-hydrogen) atoms. The van der Waals surface area contributed by atoms with Gasteiger partial charge in [-0.1, -0.05) is 18.2 Å². The molecule has 0 radical (unpaired) electrons. The van der Waals surface area contributed by atoms with Gasteiger partial charge in [-0.25, -0.2) is 0 Å². The highest BCUT2D eigenvalue weighted by atomic mass is 16.1. The molecular weight excluding hydrogens is 212 g/mol. The van der Waals surface area contributed by atoms with Gasteiger partial charge in [0.2, 0.25) is 5.91 Å². The molecule has 0 aromatic heterocycles. The van der Waals surface area contributed by atoms with Gasteiger partial charge in [-0.3, -0.25) is 4.79 Å². The number of nitrogens with one attached hydrogen (secondary N) is 1. The van der Waals surface area contributed by atoms with Gasteiger partial charge in [0.25, 0.3) is 0 Å². The van der Waals surface area contributed by atoms with Crippen LogP contribution < -0.4 is 11.1 Å². The first-order valence-corrected chi connectivity index (χ1v) is 6.39. The van der Waals surface area contributed by atoms with Crippen LogP contribution in [0.1, 0.15) is 25.7 Å². The van der Waals surface area contributed by atoms with Crippen molar-refractivity contribution in [3.05, 3.63) is 34.9 Å². The number of allylic oxidation sites excluding steroid dienone is 4. The molecule has 3 heteroatoms. The van der Waals surface area contributed by atoms with Gasteiger partial charge >= 0.3 is 0 Å². The average Bonchev–Trinajstić information content (AvgIpc) is 2.71. The van der Waals surface area contributed by atoms with E-state index in [2.05, 4.69) is 23.5 Å². The van der Waals surface area contributed by atoms with Crippen molar-refractivity contribution < 1.29 is 4.79 Å². The zero-order chi connectivity index (χ0) is 11.8. The fourth-order valence-electron chi connectivity index (χ4n) is 3.21. The van der Waals surface area contributed by atoms with Gasteiger partial charge in [0.05, 0.1) is 0 Å². The molecule has 2 unspecified atom stereocenters. The summed E-state index contributed by atoms with van der Waals surface area (Å²) >= 11 is 0. The van der Waals surface area contributed by atoms with Crippen molar-refractivity contribution >= 4 is 5.91 Å². The molecule has 2 aliphatic carbocycles. The van der Waals surface area contributed by atoms with Gasteiger partial charge in [-0.05, 0) is 48.9 Å². The second-order valence-corrected chi connectivity index (χ2v) is 5.12. The van der Waals surface area contributed by atoms with Gasteiger partial charge in [-0.2, -0.15) is 0 Å². The van der Waals surface area contributed by atoms with Crippen LogP contribution in [-0.2, 0) is 4.79 Å². The van der Waals surface area contributed by atoms with E-state index >= 15 is 0 Å². The summed E-state index contributed by atoms with van der Waals surface area (Å²) in [5, 5.41) is 3.56. The summed E-state index contributed by atoms with van der Waals surface area (Å²) in [5.74, 6) is -0.0920. The van der Waals surface area contributed by atoms with E-state index in [9.17, 15) is 4.79 Å². The van der Waals surface area contributed by atoms with E-state index in [4.69, 9.17) is 5.73 Å². The van der Waals surface area contributed by atoms with Crippen LogP contribution in [0.15, 0.2) is 34.9 Å². The summed E-state index contributed by atoms with van der Waals surface area (Å²) in [6.45, 7) is 0.997. The Morgan fingerprint density at radius 2 is 2.29 bits per heavy atom. The average molecular weight is 230 g/mol. The van der Waals surface area contributed by atoms with E-state index in [1.807, 2.05) is 0 Å². The van der Waals surface area contributed by atoms with Gasteiger partial charge < -0.3 is 11.1 Å². The molecule has 0 saturated heterocycles. The van der Waals surface area contributed by atoms with E-state index in [1.165, 1.54) is 16.7 Å². The number of nitrogens with two attached hydrogens (primary N) is 1. The van der Waals surface area contributed by atoms with Gasteiger partial charge in [0.1, 0.15) is 0 Å². The van der Waals surface area contributed by atoms with Gasteiger partial charge in [0, 0.05) is 12.0 Å². The molecule has 1 fully saturated rings. The highest BCUT2D eigenvalue weighted by Gasteiger charge is 2.32. The summed E-state index contributed by atoms with van der Waals surface area (Å²) in [6, 6.07) is 0.352. The topological polar surface area (TPSA) is 55.1 Å². The quantitative estimate of drug-likeness (QED) is 0.716. The third-order valence-electron chi connectivity index (χ3n) is 4.14. The van der Waals surface area contributed by atoms with Crippen LogP contribution in [-0.4, -0.2) is 18.5 Å². The lowest BCUT2D eigenvalue weighted by molar-refractivity contribution is -0.122. The largest absolute Gasteiger partial charge is 0.369 e. The number of hydrogen-bond donors (Lipinski definition) is 2. The minimum Gasteiger partial charge on any atom is -0.369 e. The molecule has 3 nitrogen and oxygen atoms in total.